The Hall–Kier alpha value is -2.32. The third-order valence-electron chi connectivity index (χ3n) is 6.64. The zero-order chi connectivity index (χ0) is 26.6. The summed E-state index contributed by atoms with van der Waals surface area (Å²) in [5.74, 6) is 0.0178. The molecular weight excluding hydrogens is 540 g/mol. The number of carbonyl (C=O) groups is 1. The van der Waals surface area contributed by atoms with E-state index in [9.17, 15) is 18.0 Å². The second-order valence-corrected chi connectivity index (χ2v) is 10.9. The molecule has 37 heavy (non-hydrogen) atoms. The van der Waals surface area contributed by atoms with Crippen LogP contribution in [0.15, 0.2) is 66.1 Å². The number of thiophene rings is 1. The summed E-state index contributed by atoms with van der Waals surface area (Å²) in [5, 5.41) is 2.84. The van der Waals surface area contributed by atoms with Crippen molar-refractivity contribution in [3.63, 3.8) is 0 Å². The molecule has 1 atom stereocenters. The van der Waals surface area contributed by atoms with Gasteiger partial charge in [0.1, 0.15) is 0 Å². The van der Waals surface area contributed by atoms with Crippen LogP contribution in [0.3, 0.4) is 0 Å². The number of halogens is 5. The van der Waals surface area contributed by atoms with Crippen molar-refractivity contribution < 1.29 is 18.0 Å². The summed E-state index contributed by atoms with van der Waals surface area (Å²) in [4.78, 5) is 17.6. The molecule has 0 aliphatic carbocycles. The minimum absolute atomic E-state index is 0.0216. The van der Waals surface area contributed by atoms with Crippen LogP contribution in [0.5, 0.6) is 0 Å². The molecule has 4 rings (SSSR count). The zero-order valence-corrected chi connectivity index (χ0v) is 22.6. The van der Waals surface area contributed by atoms with Crippen molar-refractivity contribution in [1.82, 2.24) is 9.80 Å². The predicted molar refractivity (Wildman–Crippen MR) is 146 cm³/mol. The van der Waals surface area contributed by atoms with Gasteiger partial charge in [0.2, 0.25) is 0 Å². The third kappa shape index (κ3) is 7.17. The molecule has 3 aromatic rings. The first kappa shape index (κ1) is 27.7. The van der Waals surface area contributed by atoms with Crippen molar-refractivity contribution in [1.29, 1.82) is 0 Å². The van der Waals surface area contributed by atoms with Crippen LogP contribution >= 0.6 is 34.5 Å². The van der Waals surface area contributed by atoms with Crippen LogP contribution in [-0.4, -0.2) is 48.9 Å². The summed E-state index contributed by atoms with van der Waals surface area (Å²) >= 11 is 13.9. The van der Waals surface area contributed by atoms with Crippen molar-refractivity contribution in [2.24, 2.45) is 0 Å². The van der Waals surface area contributed by atoms with Gasteiger partial charge in [-0.15, -0.1) is 11.3 Å². The van der Waals surface area contributed by atoms with Crippen molar-refractivity contribution in [2.45, 2.75) is 24.9 Å². The predicted octanol–water partition coefficient (Wildman–Crippen LogP) is 8.11. The van der Waals surface area contributed by atoms with Crippen molar-refractivity contribution >= 4 is 46.0 Å². The van der Waals surface area contributed by atoms with Gasteiger partial charge in [-0.3, -0.25) is 9.69 Å². The molecule has 9 heteroatoms. The van der Waals surface area contributed by atoms with Gasteiger partial charge in [0.15, 0.2) is 0 Å². The van der Waals surface area contributed by atoms with Crippen LogP contribution in [0, 0.1) is 0 Å². The molecule has 0 bridgehead atoms. The fourth-order valence-corrected chi connectivity index (χ4v) is 5.57. The van der Waals surface area contributed by atoms with Crippen LogP contribution in [0.4, 0.5) is 13.2 Å². The largest absolute Gasteiger partial charge is 0.416 e. The fraction of sp³-hybridized carbons (Fsp3) is 0.321. The van der Waals surface area contributed by atoms with Crippen LogP contribution in [0.1, 0.15) is 45.1 Å². The molecule has 0 saturated heterocycles. The maximum atomic E-state index is 13.1. The lowest BCUT2D eigenvalue weighted by atomic mass is 9.93. The van der Waals surface area contributed by atoms with Crippen LogP contribution < -0.4 is 0 Å². The summed E-state index contributed by atoms with van der Waals surface area (Å²) < 4.78 is 39.3. The molecule has 0 spiro atoms. The molecule has 3 nitrogen and oxygen atoms in total. The summed E-state index contributed by atoms with van der Waals surface area (Å²) in [7, 11) is 1.80. The number of benzene rings is 2. The Kier molecular flexibility index (Phi) is 9.01. The standard InChI is InChI=1S/C28H27Cl2F3N2OS/c1-34(27(36)26-6-3-15-37-26)18-22(21-7-8-24(29)25(30)17-21)11-14-35-12-9-19(10-13-35)20-4-2-5-23(16-20)28(31,32)33/h2-9,15-17,22H,10-14,18H2,1H3. The number of rotatable bonds is 8. The van der Waals surface area contributed by atoms with E-state index in [0.717, 1.165) is 36.7 Å². The molecule has 1 aliphatic heterocycles. The lowest BCUT2D eigenvalue weighted by Gasteiger charge is -2.30. The van der Waals surface area contributed by atoms with Gasteiger partial charge in [0.05, 0.1) is 20.5 Å². The first-order valence-corrected chi connectivity index (χ1v) is 13.6. The second kappa shape index (κ2) is 12.0. The summed E-state index contributed by atoms with van der Waals surface area (Å²) in [6.07, 6.45) is -0.878. The topological polar surface area (TPSA) is 23.6 Å². The van der Waals surface area contributed by atoms with Crippen LogP contribution in [0.25, 0.3) is 5.57 Å². The van der Waals surface area contributed by atoms with E-state index in [4.69, 9.17) is 23.2 Å². The first-order chi connectivity index (χ1) is 17.6. The smallest absolute Gasteiger partial charge is 0.340 e. The molecule has 1 unspecified atom stereocenters. The fourth-order valence-electron chi connectivity index (χ4n) is 4.54. The molecule has 0 saturated carbocycles. The van der Waals surface area contributed by atoms with Gasteiger partial charge in [-0.1, -0.05) is 53.5 Å². The molecule has 0 radical (unpaired) electrons. The van der Waals surface area contributed by atoms with Gasteiger partial charge in [0.25, 0.3) is 5.91 Å². The Bertz CT molecular complexity index is 1260. The number of likely N-dealkylation sites (N-methyl/N-ethyl adjacent to an activating group) is 1. The minimum Gasteiger partial charge on any atom is -0.340 e. The van der Waals surface area contributed by atoms with Gasteiger partial charge in [-0.05, 0) is 71.8 Å². The number of carbonyl (C=O) groups excluding carboxylic acids is 1. The number of nitrogens with zero attached hydrogens (tertiary/aromatic N) is 2. The van der Waals surface area contributed by atoms with Crippen LogP contribution in [-0.2, 0) is 6.18 Å². The normalized spacial score (nSPS) is 15.4. The molecule has 2 heterocycles. The van der Waals surface area contributed by atoms with Crippen molar-refractivity contribution in [2.75, 3.05) is 33.2 Å². The van der Waals surface area contributed by atoms with Crippen molar-refractivity contribution in [3.05, 3.63) is 97.7 Å². The minimum atomic E-state index is -4.35. The highest BCUT2D eigenvalue weighted by atomic mass is 35.5. The Morgan fingerprint density at radius 1 is 1.11 bits per heavy atom. The summed E-state index contributed by atoms with van der Waals surface area (Å²) in [6.45, 7) is 2.70. The quantitative estimate of drug-likeness (QED) is 0.275. The van der Waals surface area contributed by atoms with E-state index in [1.165, 1.54) is 23.5 Å². The lowest BCUT2D eigenvalue weighted by molar-refractivity contribution is -0.137. The van der Waals surface area contributed by atoms with Gasteiger partial charge >= 0.3 is 6.18 Å². The summed E-state index contributed by atoms with van der Waals surface area (Å²) in [5.41, 5.74) is 1.94. The number of amides is 1. The maximum Gasteiger partial charge on any atom is 0.416 e. The van der Waals surface area contributed by atoms with Crippen LogP contribution in [0.2, 0.25) is 10.0 Å². The van der Waals surface area contributed by atoms with E-state index in [1.54, 1.807) is 24.1 Å². The Morgan fingerprint density at radius 2 is 1.92 bits per heavy atom. The molecule has 1 aliphatic rings. The average molecular weight is 568 g/mol. The van der Waals surface area contributed by atoms with E-state index in [1.807, 2.05) is 35.7 Å². The molecule has 2 aromatic carbocycles. The Balaban J connectivity index is 1.43. The molecule has 0 fully saturated rings. The zero-order valence-electron chi connectivity index (χ0n) is 20.3. The molecule has 1 aromatic heterocycles. The van der Waals surface area contributed by atoms with Gasteiger partial charge in [-0.2, -0.15) is 13.2 Å². The highest BCUT2D eigenvalue weighted by Gasteiger charge is 2.30. The number of hydrogen-bond donors (Lipinski definition) is 0. The molecular formula is C28H27Cl2F3N2OS. The molecule has 0 N–H and O–H groups in total. The lowest BCUT2D eigenvalue weighted by Crippen LogP contribution is -2.34. The summed E-state index contributed by atoms with van der Waals surface area (Å²) in [6, 6.07) is 14.8. The van der Waals surface area contributed by atoms with E-state index < -0.39 is 11.7 Å². The maximum absolute atomic E-state index is 13.1. The monoisotopic (exact) mass is 566 g/mol. The van der Waals surface area contributed by atoms with Gasteiger partial charge < -0.3 is 4.90 Å². The Morgan fingerprint density at radius 3 is 2.57 bits per heavy atom. The third-order valence-corrected chi connectivity index (χ3v) is 8.23. The highest BCUT2D eigenvalue weighted by Crippen LogP contribution is 2.33. The average Bonchev–Trinajstić information content (AvgIpc) is 3.42. The van der Waals surface area contributed by atoms with E-state index in [0.29, 0.717) is 40.0 Å². The molecule has 1 amide bonds. The SMILES string of the molecule is CN(CC(CCN1CC=C(c2cccc(C(F)(F)F)c2)CC1)c1ccc(Cl)c(Cl)c1)C(=O)c1cccs1. The van der Waals surface area contributed by atoms with Crippen molar-refractivity contribution in [3.8, 4) is 0 Å². The highest BCUT2D eigenvalue weighted by molar-refractivity contribution is 7.12. The van der Waals surface area contributed by atoms with E-state index in [2.05, 4.69) is 4.90 Å². The second-order valence-electron chi connectivity index (χ2n) is 9.18. The Labute approximate surface area is 229 Å². The van der Waals surface area contributed by atoms with E-state index in [-0.39, 0.29) is 11.8 Å². The van der Waals surface area contributed by atoms with Gasteiger partial charge in [0, 0.05) is 32.6 Å². The molecule has 196 valence electrons. The first-order valence-electron chi connectivity index (χ1n) is 11.9. The van der Waals surface area contributed by atoms with E-state index >= 15 is 0 Å². The number of alkyl halides is 3. The number of hydrogen-bond acceptors (Lipinski definition) is 3. The van der Waals surface area contributed by atoms with Gasteiger partial charge in [-0.25, -0.2) is 0 Å².